The van der Waals surface area contributed by atoms with E-state index in [1.807, 2.05) is 30.3 Å². The molecule has 2 N–H and O–H groups in total. The zero-order chi connectivity index (χ0) is 12.8. The number of carbonyl (C=O) groups excluding carboxylic acids is 1. The van der Waals surface area contributed by atoms with Gasteiger partial charge in [-0.15, -0.1) is 10.2 Å². The van der Waals surface area contributed by atoms with Crippen molar-refractivity contribution < 1.29 is 9.53 Å². The second-order valence-corrected chi connectivity index (χ2v) is 4.23. The Balaban J connectivity index is 1.96. The molecule has 0 bridgehead atoms. The van der Waals surface area contributed by atoms with Gasteiger partial charge in [-0.05, 0) is 19.1 Å². The predicted octanol–water partition coefficient (Wildman–Crippen LogP) is 2.85. The number of hydrogen-bond acceptors (Lipinski definition) is 6. The van der Waals surface area contributed by atoms with Gasteiger partial charge in [-0.2, -0.15) is 0 Å². The molecular formula is C11H12N4O2S. The SMILES string of the molecule is CCOC(=O)Nc1nnc(Nc2ccccc2)s1. The van der Waals surface area contributed by atoms with E-state index in [4.69, 9.17) is 4.74 Å². The molecule has 0 aliphatic carbocycles. The van der Waals surface area contributed by atoms with E-state index in [1.54, 1.807) is 6.92 Å². The van der Waals surface area contributed by atoms with Gasteiger partial charge in [0.15, 0.2) is 0 Å². The lowest BCUT2D eigenvalue weighted by molar-refractivity contribution is 0.168. The van der Waals surface area contributed by atoms with Crippen molar-refractivity contribution in [2.45, 2.75) is 6.92 Å². The summed E-state index contributed by atoms with van der Waals surface area (Å²) in [6.07, 6.45) is -0.528. The average molecular weight is 264 g/mol. The van der Waals surface area contributed by atoms with Crippen molar-refractivity contribution in [1.82, 2.24) is 10.2 Å². The predicted molar refractivity (Wildman–Crippen MR) is 70.3 cm³/mol. The Hall–Kier alpha value is -2.15. The number of benzene rings is 1. The van der Waals surface area contributed by atoms with Crippen molar-refractivity contribution in [3.63, 3.8) is 0 Å². The zero-order valence-corrected chi connectivity index (χ0v) is 10.5. The van der Waals surface area contributed by atoms with Crippen LogP contribution in [0.3, 0.4) is 0 Å². The first kappa shape index (κ1) is 12.3. The lowest BCUT2D eigenvalue weighted by Gasteiger charge is -2.00. The van der Waals surface area contributed by atoms with Crippen molar-refractivity contribution in [2.75, 3.05) is 17.2 Å². The first-order valence-electron chi connectivity index (χ1n) is 5.37. The zero-order valence-electron chi connectivity index (χ0n) is 9.71. The maximum Gasteiger partial charge on any atom is 0.413 e. The number of nitrogens with zero attached hydrogens (tertiary/aromatic N) is 2. The summed E-state index contributed by atoms with van der Waals surface area (Å²) in [5.74, 6) is 0. The van der Waals surface area contributed by atoms with E-state index in [9.17, 15) is 4.79 Å². The fourth-order valence-corrected chi connectivity index (χ4v) is 1.87. The minimum absolute atomic E-state index is 0.319. The lowest BCUT2D eigenvalue weighted by atomic mass is 10.3. The smallest absolute Gasteiger partial charge is 0.413 e. The van der Waals surface area contributed by atoms with Gasteiger partial charge >= 0.3 is 6.09 Å². The van der Waals surface area contributed by atoms with Crippen molar-refractivity contribution in [1.29, 1.82) is 0 Å². The number of para-hydroxylation sites is 1. The molecule has 1 amide bonds. The van der Waals surface area contributed by atoms with Crippen LogP contribution in [0.4, 0.5) is 20.7 Å². The maximum atomic E-state index is 11.2. The molecule has 0 unspecified atom stereocenters. The number of nitrogens with one attached hydrogen (secondary N) is 2. The summed E-state index contributed by atoms with van der Waals surface area (Å²) in [4.78, 5) is 11.2. The topological polar surface area (TPSA) is 76.1 Å². The molecule has 0 atom stereocenters. The highest BCUT2D eigenvalue weighted by atomic mass is 32.1. The fraction of sp³-hybridized carbons (Fsp3) is 0.182. The Labute approximate surface area is 108 Å². The van der Waals surface area contributed by atoms with Gasteiger partial charge in [-0.25, -0.2) is 4.79 Å². The number of aromatic nitrogens is 2. The van der Waals surface area contributed by atoms with E-state index in [1.165, 1.54) is 11.3 Å². The van der Waals surface area contributed by atoms with Crippen molar-refractivity contribution in [3.8, 4) is 0 Å². The number of ether oxygens (including phenoxy) is 1. The molecule has 0 aliphatic heterocycles. The highest BCUT2D eigenvalue weighted by molar-refractivity contribution is 7.19. The molecular weight excluding hydrogens is 252 g/mol. The van der Waals surface area contributed by atoms with Crippen LogP contribution < -0.4 is 10.6 Å². The van der Waals surface area contributed by atoms with E-state index in [2.05, 4.69) is 20.8 Å². The van der Waals surface area contributed by atoms with Gasteiger partial charge in [0, 0.05) is 5.69 Å². The molecule has 18 heavy (non-hydrogen) atoms. The van der Waals surface area contributed by atoms with Gasteiger partial charge in [0.1, 0.15) is 0 Å². The first-order valence-corrected chi connectivity index (χ1v) is 6.19. The lowest BCUT2D eigenvalue weighted by Crippen LogP contribution is -2.12. The quantitative estimate of drug-likeness (QED) is 0.888. The number of amides is 1. The molecule has 0 fully saturated rings. The largest absolute Gasteiger partial charge is 0.450 e. The third-order valence-electron chi connectivity index (χ3n) is 1.93. The second kappa shape index (κ2) is 5.97. The molecule has 7 heteroatoms. The monoisotopic (exact) mass is 264 g/mol. The van der Waals surface area contributed by atoms with Crippen LogP contribution in [0.5, 0.6) is 0 Å². The van der Waals surface area contributed by atoms with Crippen molar-refractivity contribution in [3.05, 3.63) is 30.3 Å². The molecule has 1 aromatic heterocycles. The average Bonchev–Trinajstić information content (AvgIpc) is 2.78. The van der Waals surface area contributed by atoms with Gasteiger partial charge in [0.2, 0.25) is 10.3 Å². The van der Waals surface area contributed by atoms with E-state index in [-0.39, 0.29) is 0 Å². The Morgan fingerprint density at radius 2 is 2.00 bits per heavy atom. The van der Waals surface area contributed by atoms with E-state index < -0.39 is 6.09 Å². The molecule has 0 saturated carbocycles. The van der Waals surface area contributed by atoms with Crippen LogP contribution in [-0.4, -0.2) is 22.9 Å². The molecule has 6 nitrogen and oxygen atoms in total. The summed E-state index contributed by atoms with van der Waals surface area (Å²) < 4.78 is 4.74. The van der Waals surface area contributed by atoms with Gasteiger partial charge in [-0.1, -0.05) is 29.5 Å². The van der Waals surface area contributed by atoms with Gasteiger partial charge in [0.05, 0.1) is 6.61 Å². The van der Waals surface area contributed by atoms with E-state index in [0.717, 1.165) is 5.69 Å². The summed E-state index contributed by atoms with van der Waals surface area (Å²) in [7, 11) is 0. The fourth-order valence-electron chi connectivity index (χ4n) is 1.22. The highest BCUT2D eigenvalue weighted by Crippen LogP contribution is 2.23. The summed E-state index contributed by atoms with van der Waals surface area (Å²) in [6, 6.07) is 9.60. The molecule has 2 aromatic rings. The first-order chi connectivity index (χ1) is 8.78. The number of anilines is 3. The van der Waals surface area contributed by atoms with E-state index >= 15 is 0 Å². The molecule has 2 rings (SSSR count). The molecule has 1 heterocycles. The molecule has 1 aromatic carbocycles. The van der Waals surface area contributed by atoms with Gasteiger partial charge < -0.3 is 10.1 Å². The van der Waals surface area contributed by atoms with E-state index in [0.29, 0.717) is 16.9 Å². The molecule has 0 aliphatic rings. The Morgan fingerprint density at radius 1 is 1.28 bits per heavy atom. The van der Waals surface area contributed by atoms with Crippen LogP contribution in [0.1, 0.15) is 6.92 Å². The minimum Gasteiger partial charge on any atom is -0.450 e. The summed E-state index contributed by atoms with van der Waals surface area (Å²) in [5, 5.41) is 14.3. The normalized spacial score (nSPS) is 9.83. The third-order valence-corrected chi connectivity index (χ3v) is 2.69. The summed E-state index contributed by atoms with van der Waals surface area (Å²) in [5.41, 5.74) is 0.913. The minimum atomic E-state index is -0.528. The van der Waals surface area contributed by atoms with Crippen LogP contribution >= 0.6 is 11.3 Å². The van der Waals surface area contributed by atoms with Crippen LogP contribution in [0.2, 0.25) is 0 Å². The number of carbonyl (C=O) groups is 1. The number of rotatable bonds is 4. The Morgan fingerprint density at radius 3 is 2.72 bits per heavy atom. The van der Waals surface area contributed by atoms with Crippen LogP contribution in [0.25, 0.3) is 0 Å². The Kier molecular flexibility index (Phi) is 4.08. The second-order valence-electron chi connectivity index (χ2n) is 3.25. The standard InChI is InChI=1S/C11H12N4O2S/c1-2-17-11(16)13-10-15-14-9(18-10)12-8-6-4-3-5-7-8/h3-7H,2H2,1H3,(H,12,14)(H,13,15,16). The van der Waals surface area contributed by atoms with Gasteiger partial charge in [0.25, 0.3) is 0 Å². The molecule has 0 radical (unpaired) electrons. The third kappa shape index (κ3) is 3.42. The maximum absolute atomic E-state index is 11.2. The van der Waals surface area contributed by atoms with Crippen LogP contribution in [0, 0.1) is 0 Å². The van der Waals surface area contributed by atoms with Crippen molar-refractivity contribution in [2.24, 2.45) is 0 Å². The number of hydrogen-bond donors (Lipinski definition) is 2. The summed E-state index contributed by atoms with van der Waals surface area (Å²) in [6.45, 7) is 2.06. The van der Waals surface area contributed by atoms with Crippen molar-refractivity contribution >= 4 is 33.4 Å². The Bertz CT molecular complexity index is 515. The van der Waals surface area contributed by atoms with Crippen LogP contribution in [-0.2, 0) is 4.74 Å². The molecule has 94 valence electrons. The highest BCUT2D eigenvalue weighted by Gasteiger charge is 2.08. The van der Waals surface area contributed by atoms with Gasteiger partial charge in [-0.3, -0.25) is 5.32 Å². The summed E-state index contributed by atoms with van der Waals surface area (Å²) >= 11 is 1.24. The molecule has 0 spiro atoms. The molecule has 0 saturated heterocycles. The van der Waals surface area contributed by atoms with Crippen LogP contribution in [0.15, 0.2) is 30.3 Å².